The van der Waals surface area contributed by atoms with Gasteiger partial charge in [0.1, 0.15) is 36.6 Å². The Bertz CT molecular complexity index is 1600. The smallest absolute Gasteiger partial charge is 0.346 e. The Kier molecular flexibility index (Phi) is 7.68. The Labute approximate surface area is 238 Å². The number of anilines is 1. The number of thioether (sulfide) groups is 2. The number of nitrogens with zero attached hydrogens (tertiary/aromatic N) is 5. The Morgan fingerprint density at radius 3 is 2.88 bits per heavy atom. The van der Waals surface area contributed by atoms with Crippen LogP contribution < -0.4 is 20.7 Å². The summed E-state index contributed by atoms with van der Waals surface area (Å²) in [5.41, 5.74) is 6.60. The molecule has 2 aliphatic heterocycles. The lowest BCUT2D eigenvalue weighted by Crippen LogP contribution is -2.71. The van der Waals surface area contributed by atoms with Gasteiger partial charge in [-0.1, -0.05) is 16.9 Å². The molecule has 2 atom stereocenters. The Hall–Kier alpha value is -4.09. The molecule has 208 valence electrons. The Morgan fingerprint density at radius 2 is 2.20 bits per heavy atom. The Balaban J connectivity index is 1.32. The van der Waals surface area contributed by atoms with Gasteiger partial charge in [0.25, 0.3) is 17.5 Å². The first kappa shape index (κ1) is 27.5. The van der Waals surface area contributed by atoms with E-state index in [1.165, 1.54) is 36.0 Å². The van der Waals surface area contributed by atoms with Crippen LogP contribution in [0.5, 0.6) is 0 Å². The van der Waals surface area contributed by atoms with E-state index in [9.17, 15) is 24.3 Å². The van der Waals surface area contributed by atoms with E-state index in [0.717, 1.165) is 21.3 Å². The first-order valence-corrected chi connectivity index (χ1v) is 14.5. The topological polar surface area (TPSA) is 196 Å². The van der Waals surface area contributed by atoms with Crippen LogP contribution in [0.1, 0.15) is 5.69 Å². The highest BCUT2D eigenvalue weighted by Crippen LogP contribution is 2.41. The molecule has 5 rings (SSSR count). The quantitative estimate of drug-likeness (QED) is 0.0836. The number of nitrogens with one attached hydrogen (secondary N) is 1. The summed E-state index contributed by atoms with van der Waals surface area (Å²) in [6, 6.07) is 4.40. The van der Waals surface area contributed by atoms with Crippen LogP contribution in [-0.4, -0.2) is 78.9 Å². The van der Waals surface area contributed by atoms with Crippen LogP contribution in [0.3, 0.4) is 0 Å². The summed E-state index contributed by atoms with van der Waals surface area (Å²) >= 11 is 3.77. The molecule has 0 aromatic carbocycles. The number of carbonyl (C=O) groups is 4. The van der Waals surface area contributed by atoms with Crippen LogP contribution in [0.4, 0.5) is 5.13 Å². The van der Waals surface area contributed by atoms with E-state index in [1.54, 1.807) is 33.5 Å². The van der Waals surface area contributed by atoms with Crippen molar-refractivity contribution in [3.05, 3.63) is 52.9 Å². The van der Waals surface area contributed by atoms with Gasteiger partial charge >= 0.3 is 5.97 Å². The number of hydrogen-bond donors (Lipinski definition) is 3. The lowest BCUT2D eigenvalue weighted by molar-refractivity contribution is -0.659. The monoisotopic (exact) mass is 603 g/mol. The number of rotatable bonds is 10. The number of carboxylic acids is 2. The maximum atomic E-state index is 13.1. The van der Waals surface area contributed by atoms with Crippen molar-refractivity contribution >= 4 is 75.1 Å². The second-order valence-electron chi connectivity index (χ2n) is 8.49. The maximum Gasteiger partial charge on any atom is 0.346 e. The number of oxime groups is 1. The van der Waals surface area contributed by atoms with Gasteiger partial charge in [0, 0.05) is 23.0 Å². The highest BCUT2D eigenvalue weighted by Gasteiger charge is 2.53. The summed E-state index contributed by atoms with van der Waals surface area (Å²) < 4.78 is 3.39. The molecule has 3 aromatic heterocycles. The molecule has 1 saturated heterocycles. The second-order valence-corrected chi connectivity index (χ2v) is 11.5. The number of nitrogens with two attached hydrogens (primary N) is 1. The minimum Gasteiger partial charge on any atom is -0.543 e. The zero-order chi connectivity index (χ0) is 28.6. The molecular formula is C23H21N7O7S3. The molecule has 0 saturated carbocycles. The molecule has 4 N–H and O–H groups in total. The minimum absolute atomic E-state index is 0.167. The van der Waals surface area contributed by atoms with Crippen LogP contribution in [0.2, 0.25) is 0 Å². The van der Waals surface area contributed by atoms with Gasteiger partial charge in [-0.25, -0.2) is 14.3 Å². The molecule has 0 unspecified atom stereocenters. The molecule has 40 heavy (non-hydrogen) atoms. The number of aromatic nitrogens is 3. The van der Waals surface area contributed by atoms with Crippen molar-refractivity contribution in [2.45, 2.75) is 23.0 Å². The van der Waals surface area contributed by atoms with Gasteiger partial charge in [-0.15, -0.1) is 23.1 Å². The lowest BCUT2D eigenvalue weighted by atomic mass is 10.0. The number of amides is 2. The highest BCUT2D eigenvalue weighted by molar-refractivity contribution is 8.01. The van der Waals surface area contributed by atoms with E-state index >= 15 is 0 Å². The highest BCUT2D eigenvalue weighted by atomic mass is 32.2. The van der Waals surface area contributed by atoms with Gasteiger partial charge < -0.3 is 30.9 Å². The van der Waals surface area contributed by atoms with Crippen molar-refractivity contribution < 1.29 is 38.8 Å². The number of carbonyl (C=O) groups excluding carboxylic acids is 3. The van der Waals surface area contributed by atoms with E-state index in [2.05, 4.69) is 15.5 Å². The fraction of sp³-hybridized carbons (Fsp3) is 0.261. The predicted octanol–water partition coefficient (Wildman–Crippen LogP) is -1.10. The first-order chi connectivity index (χ1) is 19.2. The summed E-state index contributed by atoms with van der Waals surface area (Å²) in [4.78, 5) is 59.2. The summed E-state index contributed by atoms with van der Waals surface area (Å²) in [6.07, 6.45) is 3.38. The molecule has 0 aliphatic carbocycles. The molecule has 2 amide bonds. The number of aliphatic carboxylic acids is 2. The van der Waals surface area contributed by atoms with E-state index in [-0.39, 0.29) is 34.5 Å². The first-order valence-electron chi connectivity index (χ1n) is 11.5. The summed E-state index contributed by atoms with van der Waals surface area (Å²) in [7, 11) is 1.26. The van der Waals surface area contributed by atoms with Gasteiger partial charge in [0.2, 0.25) is 0 Å². The van der Waals surface area contributed by atoms with Crippen LogP contribution in [0.25, 0.3) is 5.65 Å². The van der Waals surface area contributed by atoms with Gasteiger partial charge in [-0.3, -0.25) is 14.5 Å². The van der Waals surface area contributed by atoms with Crippen molar-refractivity contribution in [3.63, 3.8) is 0 Å². The maximum absolute atomic E-state index is 13.1. The normalized spacial score (nSPS) is 18.9. The summed E-state index contributed by atoms with van der Waals surface area (Å²) in [5, 5.41) is 29.4. The van der Waals surface area contributed by atoms with Gasteiger partial charge in [-0.2, -0.15) is 4.40 Å². The molecular weight excluding hydrogens is 582 g/mol. The molecule has 3 aromatic rings. The van der Waals surface area contributed by atoms with Gasteiger partial charge in [0.05, 0.1) is 11.7 Å². The van der Waals surface area contributed by atoms with E-state index in [0.29, 0.717) is 17.0 Å². The third-order valence-corrected chi connectivity index (χ3v) is 9.18. The molecule has 2 aliphatic rings. The van der Waals surface area contributed by atoms with Crippen molar-refractivity contribution in [1.82, 2.24) is 19.6 Å². The molecule has 17 heteroatoms. The minimum atomic E-state index is -1.49. The third-order valence-electron chi connectivity index (χ3n) is 6.05. The number of β-lactam (4-membered cyclic amide) rings is 1. The SMILES string of the molecule is CO/N=C(\C(=O)N[C@@H]1C(=O)N2C(C(=O)[O-])=C(CSc3cccc4n3cc[n+]4CC(=O)O)CS[C@H]12)c1csc(N)n1. The van der Waals surface area contributed by atoms with E-state index in [1.807, 2.05) is 6.07 Å². The van der Waals surface area contributed by atoms with Gasteiger partial charge in [0.15, 0.2) is 22.4 Å². The van der Waals surface area contributed by atoms with Crippen LogP contribution in [0.15, 0.2) is 57.4 Å². The van der Waals surface area contributed by atoms with E-state index in [4.69, 9.17) is 15.7 Å². The third kappa shape index (κ3) is 5.09. The fourth-order valence-corrected chi connectivity index (χ4v) is 7.39. The lowest BCUT2D eigenvalue weighted by Gasteiger charge is -2.50. The molecule has 1 fully saturated rings. The largest absolute Gasteiger partial charge is 0.543 e. The van der Waals surface area contributed by atoms with Crippen molar-refractivity contribution in [2.24, 2.45) is 5.16 Å². The number of thiazole rings is 1. The number of nitrogen functional groups attached to an aromatic ring is 1. The van der Waals surface area contributed by atoms with Crippen LogP contribution in [-0.2, 0) is 30.6 Å². The van der Waals surface area contributed by atoms with Crippen molar-refractivity contribution in [3.8, 4) is 0 Å². The average Bonchev–Trinajstić information content (AvgIpc) is 3.54. The summed E-state index contributed by atoms with van der Waals surface area (Å²) in [6.45, 7) is -0.200. The number of fused-ring (bicyclic) bond motifs is 2. The molecule has 14 nitrogen and oxygen atoms in total. The van der Waals surface area contributed by atoms with Gasteiger partial charge in [-0.05, 0) is 17.7 Å². The molecule has 0 bridgehead atoms. The Morgan fingerprint density at radius 1 is 1.40 bits per heavy atom. The zero-order valence-corrected chi connectivity index (χ0v) is 23.1. The number of imidazole rings is 1. The fourth-order valence-electron chi connectivity index (χ4n) is 4.34. The van der Waals surface area contributed by atoms with Crippen LogP contribution >= 0.6 is 34.9 Å². The standard InChI is InChI=1S/C23H21N7O7S3/c1-37-27-16(12-10-40-23(24)25-12)19(33)26-17-20(34)30-18(22(35)36)11(9-39-21(17)30)8-38-14-4-2-3-13-28(7-15(31)32)5-6-29(13)14/h2-6,10,17,21H,7-9H2,1H3,(H4-,24,25,26,31,32,33,35,36)/b27-16-/t17-,21-/m1/s1. The summed E-state index contributed by atoms with van der Waals surface area (Å²) in [5.74, 6) is -3.24. The second kappa shape index (κ2) is 11.2. The number of pyridine rings is 1. The van der Waals surface area contributed by atoms with E-state index < -0.39 is 35.2 Å². The number of hydrogen-bond acceptors (Lipinski definition) is 12. The molecule has 5 heterocycles. The zero-order valence-electron chi connectivity index (χ0n) is 20.7. The predicted molar refractivity (Wildman–Crippen MR) is 143 cm³/mol. The van der Waals surface area contributed by atoms with Crippen molar-refractivity contribution in [1.29, 1.82) is 0 Å². The van der Waals surface area contributed by atoms with Crippen LogP contribution in [0, 0.1) is 0 Å². The number of carboxylic acid groups (broad SMARTS) is 2. The molecule has 0 radical (unpaired) electrons. The average molecular weight is 604 g/mol. The molecule has 0 spiro atoms. The van der Waals surface area contributed by atoms with Crippen molar-refractivity contribution in [2.75, 3.05) is 24.3 Å².